The number of rotatable bonds is 8. The van der Waals surface area contributed by atoms with Crippen molar-refractivity contribution in [1.82, 2.24) is 14.8 Å². The van der Waals surface area contributed by atoms with E-state index in [0.717, 1.165) is 43.4 Å². The highest BCUT2D eigenvalue weighted by Crippen LogP contribution is 2.37. The molecule has 1 amide bonds. The molecule has 0 spiro atoms. The van der Waals surface area contributed by atoms with Crippen LogP contribution in [-0.4, -0.2) is 26.4 Å². The second-order valence-corrected chi connectivity index (χ2v) is 10.1. The molecular weight excluding hydrogens is 454 g/mol. The number of carbonyl (C=O) groups is 1. The molecule has 0 radical (unpaired) electrons. The number of thiophene rings is 1. The summed E-state index contributed by atoms with van der Waals surface area (Å²) in [6.45, 7) is 4.05. The van der Waals surface area contributed by atoms with Crippen LogP contribution in [0.4, 0.5) is 5.00 Å². The Morgan fingerprint density at radius 2 is 2.06 bits per heavy atom. The van der Waals surface area contributed by atoms with Gasteiger partial charge in [-0.1, -0.05) is 30.8 Å². The van der Waals surface area contributed by atoms with E-state index in [1.807, 2.05) is 30.7 Å². The number of ether oxygens (including phenoxy) is 1. The molecule has 0 aliphatic heterocycles. The van der Waals surface area contributed by atoms with E-state index in [1.54, 1.807) is 0 Å². The van der Waals surface area contributed by atoms with Crippen LogP contribution >= 0.6 is 23.1 Å². The van der Waals surface area contributed by atoms with Gasteiger partial charge in [0.05, 0.1) is 11.3 Å². The van der Waals surface area contributed by atoms with E-state index < -0.39 is 0 Å². The molecule has 9 heteroatoms. The summed E-state index contributed by atoms with van der Waals surface area (Å²) < 4.78 is 7.88. The van der Waals surface area contributed by atoms with Crippen molar-refractivity contribution in [2.75, 3.05) is 11.1 Å². The predicted molar refractivity (Wildman–Crippen MR) is 131 cm³/mol. The van der Waals surface area contributed by atoms with Crippen LogP contribution in [0.2, 0.25) is 0 Å². The molecule has 0 saturated carbocycles. The number of thioether (sulfide) groups is 1. The first kappa shape index (κ1) is 23.3. The molecule has 33 heavy (non-hydrogen) atoms. The number of aryl methyl sites for hydroxylation is 2. The molecule has 0 bridgehead atoms. The fourth-order valence-electron chi connectivity index (χ4n) is 3.93. The number of benzene rings is 1. The number of fused-ring (bicyclic) bond motifs is 1. The van der Waals surface area contributed by atoms with E-state index in [1.165, 1.54) is 33.5 Å². The summed E-state index contributed by atoms with van der Waals surface area (Å²) in [5, 5.41) is 22.3. The highest BCUT2D eigenvalue weighted by atomic mass is 32.2. The summed E-state index contributed by atoms with van der Waals surface area (Å²) in [5.41, 5.74) is 3.01. The van der Waals surface area contributed by atoms with Gasteiger partial charge in [-0.25, -0.2) is 0 Å². The number of amides is 1. The number of carbonyl (C=O) groups excluding carboxylic acids is 1. The third kappa shape index (κ3) is 5.23. The normalized spacial score (nSPS) is 13.8. The number of nitriles is 1. The van der Waals surface area contributed by atoms with E-state index in [0.29, 0.717) is 21.5 Å². The van der Waals surface area contributed by atoms with Crippen molar-refractivity contribution in [3.63, 3.8) is 0 Å². The van der Waals surface area contributed by atoms with Crippen molar-refractivity contribution >= 4 is 34.0 Å². The Morgan fingerprint density at radius 1 is 1.30 bits per heavy atom. The molecule has 1 aliphatic rings. The van der Waals surface area contributed by atoms with E-state index in [4.69, 9.17) is 4.74 Å². The molecule has 1 N–H and O–H groups in total. The minimum atomic E-state index is -0.284. The Morgan fingerprint density at radius 3 is 2.79 bits per heavy atom. The summed E-state index contributed by atoms with van der Waals surface area (Å²) >= 11 is 2.85. The Bertz CT molecular complexity index is 1180. The summed E-state index contributed by atoms with van der Waals surface area (Å²) in [6.07, 6.45) is 4.85. The zero-order valence-electron chi connectivity index (χ0n) is 19.1. The molecule has 172 valence electrons. The molecule has 0 fully saturated rings. The molecule has 1 aromatic carbocycles. The van der Waals surface area contributed by atoms with Gasteiger partial charge in [-0.3, -0.25) is 4.79 Å². The maximum Gasteiger partial charge on any atom is 0.235 e. The summed E-state index contributed by atoms with van der Waals surface area (Å²) in [4.78, 5) is 13.8. The van der Waals surface area contributed by atoms with Crippen molar-refractivity contribution in [3.05, 3.63) is 51.7 Å². The maximum atomic E-state index is 12.6. The lowest BCUT2D eigenvalue weighted by Crippen LogP contribution is -2.15. The fraction of sp³-hybridized carbons (Fsp3) is 0.417. The van der Waals surface area contributed by atoms with Crippen LogP contribution in [0.3, 0.4) is 0 Å². The van der Waals surface area contributed by atoms with E-state index in [2.05, 4.69) is 40.6 Å². The van der Waals surface area contributed by atoms with Crippen molar-refractivity contribution in [2.45, 2.75) is 57.2 Å². The topological polar surface area (TPSA) is 92.8 Å². The van der Waals surface area contributed by atoms with Gasteiger partial charge in [0, 0.05) is 11.9 Å². The van der Waals surface area contributed by atoms with E-state index >= 15 is 0 Å². The minimum Gasteiger partial charge on any atom is -0.483 e. The molecule has 0 saturated heterocycles. The summed E-state index contributed by atoms with van der Waals surface area (Å²) in [6, 6.07) is 10.3. The number of hydrogen-bond acceptors (Lipinski definition) is 7. The quantitative estimate of drug-likeness (QED) is 0.452. The van der Waals surface area contributed by atoms with Crippen molar-refractivity contribution < 1.29 is 9.53 Å². The lowest BCUT2D eigenvalue weighted by Gasteiger charge is -2.14. The average molecular weight is 482 g/mol. The first-order chi connectivity index (χ1) is 16.0. The zero-order chi connectivity index (χ0) is 23.4. The van der Waals surface area contributed by atoms with Crippen LogP contribution in [0.1, 0.15) is 60.2 Å². The highest BCUT2D eigenvalue weighted by Gasteiger charge is 2.22. The second-order valence-electron chi connectivity index (χ2n) is 8.02. The van der Waals surface area contributed by atoms with Crippen LogP contribution in [0.5, 0.6) is 5.75 Å². The average Bonchev–Trinajstić information content (AvgIpc) is 3.37. The van der Waals surface area contributed by atoms with Gasteiger partial charge in [-0.05, 0) is 62.3 Å². The van der Waals surface area contributed by atoms with Gasteiger partial charge in [-0.2, -0.15) is 5.26 Å². The summed E-state index contributed by atoms with van der Waals surface area (Å²) in [7, 11) is 1.87. The van der Waals surface area contributed by atoms with Crippen LogP contribution in [-0.2, 0) is 31.1 Å². The van der Waals surface area contributed by atoms with E-state index in [-0.39, 0.29) is 17.8 Å². The lowest BCUT2D eigenvalue weighted by molar-refractivity contribution is -0.113. The van der Waals surface area contributed by atoms with Gasteiger partial charge in [-0.15, -0.1) is 21.5 Å². The molecular formula is C24H27N5O2S2. The SMILES string of the molecule is CCc1ccc(OC(C)c2nnc(SCC(=O)Nc3sc4c(c3C#N)CCCC4)n2C)cc1. The largest absolute Gasteiger partial charge is 0.483 e. The second kappa shape index (κ2) is 10.4. The minimum absolute atomic E-state index is 0.153. The fourth-order valence-corrected chi connectivity index (χ4v) is 5.91. The molecule has 3 aromatic rings. The van der Waals surface area contributed by atoms with Gasteiger partial charge in [0.2, 0.25) is 5.91 Å². The van der Waals surface area contributed by atoms with Crippen LogP contribution in [0.15, 0.2) is 29.4 Å². The van der Waals surface area contributed by atoms with Crippen molar-refractivity contribution in [1.29, 1.82) is 5.26 Å². The molecule has 1 aliphatic carbocycles. The van der Waals surface area contributed by atoms with Gasteiger partial charge >= 0.3 is 0 Å². The molecule has 2 aromatic heterocycles. The predicted octanol–water partition coefficient (Wildman–Crippen LogP) is 5.06. The third-order valence-corrected chi connectivity index (χ3v) is 7.97. The summed E-state index contributed by atoms with van der Waals surface area (Å²) in [5.74, 6) is 1.51. The van der Waals surface area contributed by atoms with Gasteiger partial charge in [0.25, 0.3) is 0 Å². The Kier molecular flexibility index (Phi) is 7.36. The first-order valence-electron chi connectivity index (χ1n) is 11.1. The monoisotopic (exact) mass is 481 g/mol. The standard InChI is InChI=1S/C24H27N5O2S2/c1-4-16-9-11-17(12-10-16)31-15(2)22-27-28-24(29(22)3)32-14-21(30)26-23-19(13-25)18-7-5-6-8-20(18)33-23/h9-12,15H,4-8,14H2,1-3H3,(H,26,30). The number of hydrogen-bond donors (Lipinski definition) is 1. The van der Waals surface area contributed by atoms with Gasteiger partial charge in [0.15, 0.2) is 17.1 Å². The number of anilines is 1. The van der Waals surface area contributed by atoms with Crippen LogP contribution in [0.25, 0.3) is 0 Å². The molecule has 7 nitrogen and oxygen atoms in total. The molecule has 1 unspecified atom stereocenters. The zero-order valence-corrected chi connectivity index (χ0v) is 20.7. The van der Waals surface area contributed by atoms with Gasteiger partial charge in [0.1, 0.15) is 16.8 Å². The van der Waals surface area contributed by atoms with Crippen molar-refractivity contribution in [2.24, 2.45) is 7.05 Å². The number of nitrogens with one attached hydrogen (secondary N) is 1. The number of nitrogens with zero attached hydrogens (tertiary/aromatic N) is 4. The highest BCUT2D eigenvalue weighted by molar-refractivity contribution is 7.99. The molecule has 1 atom stereocenters. The smallest absolute Gasteiger partial charge is 0.235 e. The lowest BCUT2D eigenvalue weighted by atomic mass is 9.96. The Hall–Kier alpha value is -2.83. The van der Waals surface area contributed by atoms with Crippen molar-refractivity contribution in [3.8, 4) is 11.8 Å². The first-order valence-corrected chi connectivity index (χ1v) is 12.9. The Labute approximate surface area is 202 Å². The van der Waals surface area contributed by atoms with Crippen LogP contribution < -0.4 is 10.1 Å². The Balaban J connectivity index is 1.36. The number of aromatic nitrogens is 3. The molecule has 4 rings (SSSR count). The third-order valence-electron chi connectivity index (χ3n) is 5.75. The van der Waals surface area contributed by atoms with Crippen LogP contribution in [0, 0.1) is 11.3 Å². The van der Waals surface area contributed by atoms with Gasteiger partial charge < -0.3 is 14.6 Å². The van der Waals surface area contributed by atoms with E-state index in [9.17, 15) is 10.1 Å². The molecule has 2 heterocycles. The maximum absolute atomic E-state index is 12.6.